The Balaban J connectivity index is 2.39. The van der Waals surface area contributed by atoms with Crippen LogP contribution in [0.1, 0.15) is 35.9 Å². The molecular weight excluding hydrogens is 270 g/mol. The van der Waals surface area contributed by atoms with Crippen LogP contribution in [0.15, 0.2) is 18.2 Å². The van der Waals surface area contributed by atoms with Gasteiger partial charge in [-0.2, -0.15) is 0 Å². The molecule has 0 atom stereocenters. The number of nitrogens with zero attached hydrogens (tertiary/aromatic N) is 2. The normalized spacial score (nSPS) is 10.7. The zero-order valence-corrected chi connectivity index (χ0v) is 13.2. The zero-order chi connectivity index (χ0) is 14.7. The van der Waals surface area contributed by atoms with Gasteiger partial charge < -0.3 is 5.32 Å². The van der Waals surface area contributed by atoms with E-state index in [1.54, 1.807) is 0 Å². The van der Waals surface area contributed by atoms with E-state index in [9.17, 15) is 0 Å². The van der Waals surface area contributed by atoms with Crippen molar-refractivity contribution in [3.63, 3.8) is 0 Å². The molecule has 106 valence electrons. The van der Waals surface area contributed by atoms with E-state index < -0.39 is 0 Å². The summed E-state index contributed by atoms with van der Waals surface area (Å²) >= 11 is 6.20. The Morgan fingerprint density at radius 2 is 1.85 bits per heavy atom. The third kappa shape index (κ3) is 3.10. The second-order valence-corrected chi connectivity index (χ2v) is 5.38. The fraction of sp³-hybridized carbons (Fsp3) is 0.375. The molecule has 0 spiro atoms. The SMILES string of the molecule is CCCc1nc(Cl)c(C)c(Nc2cccc(C)c2C)n1. The van der Waals surface area contributed by atoms with Gasteiger partial charge in [0.05, 0.1) is 0 Å². The van der Waals surface area contributed by atoms with Crippen molar-refractivity contribution in [2.75, 3.05) is 5.32 Å². The zero-order valence-electron chi connectivity index (χ0n) is 12.4. The maximum atomic E-state index is 6.20. The van der Waals surface area contributed by atoms with Crippen molar-refractivity contribution in [3.05, 3.63) is 45.9 Å². The minimum Gasteiger partial charge on any atom is -0.340 e. The summed E-state index contributed by atoms with van der Waals surface area (Å²) in [5.41, 5.74) is 4.41. The molecule has 0 aliphatic heterocycles. The number of anilines is 2. The van der Waals surface area contributed by atoms with Gasteiger partial charge in [0.2, 0.25) is 0 Å². The molecule has 1 aromatic carbocycles. The molecule has 20 heavy (non-hydrogen) atoms. The summed E-state index contributed by atoms with van der Waals surface area (Å²) in [6.07, 6.45) is 1.84. The highest BCUT2D eigenvalue weighted by atomic mass is 35.5. The number of nitrogens with one attached hydrogen (secondary N) is 1. The van der Waals surface area contributed by atoms with Crippen LogP contribution in [-0.2, 0) is 6.42 Å². The number of benzene rings is 1. The molecule has 4 heteroatoms. The molecule has 2 rings (SSSR count). The Morgan fingerprint density at radius 1 is 1.10 bits per heavy atom. The molecule has 2 aromatic rings. The smallest absolute Gasteiger partial charge is 0.138 e. The monoisotopic (exact) mass is 289 g/mol. The molecule has 0 radical (unpaired) electrons. The largest absolute Gasteiger partial charge is 0.340 e. The van der Waals surface area contributed by atoms with Crippen LogP contribution in [0.4, 0.5) is 11.5 Å². The van der Waals surface area contributed by atoms with Gasteiger partial charge >= 0.3 is 0 Å². The number of halogens is 1. The van der Waals surface area contributed by atoms with E-state index in [1.165, 1.54) is 11.1 Å². The summed E-state index contributed by atoms with van der Waals surface area (Å²) in [5, 5.41) is 3.91. The number of hydrogen-bond acceptors (Lipinski definition) is 3. The first-order chi connectivity index (χ1) is 9.52. The highest BCUT2D eigenvalue weighted by Gasteiger charge is 2.10. The van der Waals surface area contributed by atoms with Crippen LogP contribution in [0.5, 0.6) is 0 Å². The first-order valence-corrected chi connectivity index (χ1v) is 7.27. The first kappa shape index (κ1) is 14.8. The highest BCUT2D eigenvalue weighted by molar-refractivity contribution is 6.30. The third-order valence-electron chi connectivity index (χ3n) is 3.46. The van der Waals surface area contributed by atoms with Gasteiger partial charge in [-0.05, 0) is 44.4 Å². The molecule has 3 nitrogen and oxygen atoms in total. The standard InChI is InChI=1S/C16H20ClN3/c1-5-7-14-19-15(17)12(4)16(20-14)18-13-9-6-8-10(2)11(13)3/h6,8-9H,5,7H2,1-4H3,(H,18,19,20). The van der Waals surface area contributed by atoms with E-state index in [2.05, 4.69) is 48.2 Å². The molecule has 0 aliphatic rings. The van der Waals surface area contributed by atoms with Crippen LogP contribution in [0, 0.1) is 20.8 Å². The number of rotatable bonds is 4. The summed E-state index contributed by atoms with van der Waals surface area (Å²) in [6, 6.07) is 6.19. The molecule has 0 unspecified atom stereocenters. The highest BCUT2D eigenvalue weighted by Crippen LogP contribution is 2.26. The van der Waals surface area contributed by atoms with Crippen molar-refractivity contribution in [1.29, 1.82) is 0 Å². The van der Waals surface area contributed by atoms with Gasteiger partial charge in [-0.3, -0.25) is 0 Å². The molecule has 0 bridgehead atoms. The van der Waals surface area contributed by atoms with E-state index in [0.29, 0.717) is 5.15 Å². The van der Waals surface area contributed by atoms with Gasteiger partial charge in [0.15, 0.2) is 0 Å². The van der Waals surface area contributed by atoms with Crippen molar-refractivity contribution in [2.45, 2.75) is 40.5 Å². The van der Waals surface area contributed by atoms with E-state index in [-0.39, 0.29) is 0 Å². The molecule has 0 fully saturated rings. The van der Waals surface area contributed by atoms with Crippen molar-refractivity contribution in [1.82, 2.24) is 9.97 Å². The average Bonchev–Trinajstić information content (AvgIpc) is 2.41. The predicted molar refractivity (Wildman–Crippen MR) is 85.0 cm³/mol. The van der Waals surface area contributed by atoms with Gasteiger partial charge in [-0.25, -0.2) is 9.97 Å². The van der Waals surface area contributed by atoms with Crippen molar-refractivity contribution < 1.29 is 0 Å². The van der Waals surface area contributed by atoms with Crippen LogP contribution in [0.2, 0.25) is 5.15 Å². The van der Waals surface area contributed by atoms with Gasteiger partial charge in [0, 0.05) is 17.7 Å². The Kier molecular flexibility index (Phi) is 4.61. The fourth-order valence-electron chi connectivity index (χ4n) is 2.00. The molecule has 1 N–H and O–H groups in total. The lowest BCUT2D eigenvalue weighted by Crippen LogP contribution is -2.04. The molecule has 0 saturated heterocycles. The average molecular weight is 290 g/mol. The van der Waals surface area contributed by atoms with Crippen molar-refractivity contribution in [3.8, 4) is 0 Å². The summed E-state index contributed by atoms with van der Waals surface area (Å²) in [6.45, 7) is 8.24. The van der Waals surface area contributed by atoms with E-state index in [1.807, 2.05) is 13.0 Å². The van der Waals surface area contributed by atoms with E-state index in [4.69, 9.17) is 11.6 Å². The van der Waals surface area contributed by atoms with Crippen molar-refractivity contribution >= 4 is 23.1 Å². The van der Waals surface area contributed by atoms with Crippen LogP contribution in [0.25, 0.3) is 0 Å². The number of aromatic nitrogens is 2. The third-order valence-corrected chi connectivity index (χ3v) is 3.83. The van der Waals surface area contributed by atoms with Gasteiger partial charge in [-0.15, -0.1) is 0 Å². The Labute approximate surface area is 125 Å². The number of aryl methyl sites for hydroxylation is 2. The molecule has 0 saturated carbocycles. The van der Waals surface area contributed by atoms with Crippen LogP contribution in [0.3, 0.4) is 0 Å². The molecular formula is C16H20ClN3. The Bertz CT molecular complexity index is 623. The van der Waals surface area contributed by atoms with E-state index in [0.717, 1.165) is 35.7 Å². The molecule has 1 aromatic heterocycles. The molecule has 1 heterocycles. The second-order valence-electron chi connectivity index (χ2n) is 5.03. The minimum atomic E-state index is 0.524. The first-order valence-electron chi connectivity index (χ1n) is 6.89. The lowest BCUT2D eigenvalue weighted by Gasteiger charge is -2.14. The maximum Gasteiger partial charge on any atom is 0.138 e. The number of hydrogen-bond donors (Lipinski definition) is 1. The van der Waals surface area contributed by atoms with Crippen molar-refractivity contribution in [2.24, 2.45) is 0 Å². The Morgan fingerprint density at radius 3 is 2.55 bits per heavy atom. The van der Waals surface area contributed by atoms with Gasteiger partial charge in [0.25, 0.3) is 0 Å². The molecule has 0 amide bonds. The topological polar surface area (TPSA) is 37.8 Å². The van der Waals surface area contributed by atoms with Crippen LogP contribution < -0.4 is 5.32 Å². The lowest BCUT2D eigenvalue weighted by molar-refractivity contribution is 0.833. The summed E-state index contributed by atoms with van der Waals surface area (Å²) in [4.78, 5) is 8.90. The Hall–Kier alpha value is -1.61. The lowest BCUT2D eigenvalue weighted by atomic mass is 10.1. The van der Waals surface area contributed by atoms with Gasteiger partial charge in [-0.1, -0.05) is 30.7 Å². The van der Waals surface area contributed by atoms with E-state index >= 15 is 0 Å². The quantitative estimate of drug-likeness (QED) is 0.825. The van der Waals surface area contributed by atoms with Crippen LogP contribution >= 0.6 is 11.6 Å². The predicted octanol–water partition coefficient (Wildman–Crippen LogP) is 4.75. The second kappa shape index (κ2) is 6.23. The fourth-order valence-corrected chi connectivity index (χ4v) is 2.19. The summed E-state index contributed by atoms with van der Waals surface area (Å²) < 4.78 is 0. The molecule has 0 aliphatic carbocycles. The maximum absolute atomic E-state index is 6.20. The summed E-state index contributed by atoms with van der Waals surface area (Å²) in [7, 11) is 0. The van der Waals surface area contributed by atoms with Crippen LogP contribution in [-0.4, -0.2) is 9.97 Å². The van der Waals surface area contributed by atoms with Gasteiger partial charge in [0.1, 0.15) is 16.8 Å². The summed E-state index contributed by atoms with van der Waals surface area (Å²) in [5.74, 6) is 1.58. The minimum absolute atomic E-state index is 0.524.